The zero-order chi connectivity index (χ0) is 25.2. The van der Waals surface area contributed by atoms with Crippen LogP contribution in [-0.4, -0.2) is 27.1 Å². The highest BCUT2D eigenvalue weighted by Crippen LogP contribution is 2.50. The fourth-order valence-corrected chi connectivity index (χ4v) is 5.02. The van der Waals surface area contributed by atoms with Crippen LogP contribution >= 0.6 is 0 Å². The summed E-state index contributed by atoms with van der Waals surface area (Å²) in [5.74, 6) is -1.37. The predicted molar refractivity (Wildman–Crippen MR) is 116 cm³/mol. The van der Waals surface area contributed by atoms with Gasteiger partial charge in [-0.1, -0.05) is 0 Å². The number of nitrogens with zero attached hydrogens (tertiary/aromatic N) is 4. The van der Waals surface area contributed by atoms with Crippen molar-refractivity contribution in [3.05, 3.63) is 69.9 Å². The van der Waals surface area contributed by atoms with Crippen LogP contribution < -0.4 is 20.1 Å². The van der Waals surface area contributed by atoms with E-state index in [9.17, 15) is 26.7 Å². The Kier molecular flexibility index (Phi) is 5.16. The van der Waals surface area contributed by atoms with Crippen molar-refractivity contribution in [1.82, 2.24) is 14.5 Å². The van der Waals surface area contributed by atoms with Crippen molar-refractivity contribution in [2.24, 2.45) is 11.8 Å². The maximum atomic E-state index is 14.6. The fraction of sp³-hybridized carbons (Fsp3) is 0.375. The van der Waals surface area contributed by atoms with E-state index in [-0.39, 0.29) is 24.1 Å². The molecule has 2 fully saturated rings. The van der Waals surface area contributed by atoms with Crippen LogP contribution in [0.2, 0.25) is 0 Å². The van der Waals surface area contributed by atoms with Crippen molar-refractivity contribution < 1.29 is 31.4 Å². The minimum absolute atomic E-state index is 0.0439. The number of anilines is 1. The molecule has 0 N–H and O–H groups in total. The summed E-state index contributed by atoms with van der Waals surface area (Å²) in [6, 6.07) is 5.41. The smallest absolute Gasteiger partial charge is 0.433 e. The molecular formula is C24H19F5N4O3. The van der Waals surface area contributed by atoms with Gasteiger partial charge in [-0.25, -0.2) is 13.6 Å². The Balaban J connectivity index is 1.18. The van der Waals surface area contributed by atoms with Gasteiger partial charge in [-0.05, 0) is 48.4 Å². The molecule has 12 heteroatoms. The van der Waals surface area contributed by atoms with Crippen LogP contribution in [0.25, 0.3) is 0 Å². The lowest BCUT2D eigenvalue weighted by molar-refractivity contribution is -0.141. The second-order valence-electron chi connectivity index (χ2n) is 9.30. The van der Waals surface area contributed by atoms with E-state index < -0.39 is 40.7 Å². The van der Waals surface area contributed by atoms with E-state index in [1.165, 1.54) is 6.42 Å². The summed E-state index contributed by atoms with van der Waals surface area (Å²) in [5.41, 5.74) is -1.61. The molecular weight excluding hydrogens is 487 g/mol. The summed E-state index contributed by atoms with van der Waals surface area (Å²) >= 11 is 0. The first-order valence-electron chi connectivity index (χ1n) is 11.4. The lowest BCUT2D eigenvalue weighted by Gasteiger charge is -2.30. The summed E-state index contributed by atoms with van der Waals surface area (Å²) in [6.07, 6.45) is -1.64. The van der Waals surface area contributed by atoms with Gasteiger partial charge in [0.05, 0.1) is 0 Å². The van der Waals surface area contributed by atoms with Gasteiger partial charge >= 0.3 is 11.9 Å². The Morgan fingerprint density at radius 3 is 2.56 bits per heavy atom. The highest BCUT2D eigenvalue weighted by molar-refractivity contribution is 5.48. The molecule has 1 aliphatic carbocycles. The summed E-state index contributed by atoms with van der Waals surface area (Å²) < 4.78 is 79.9. The molecule has 0 bridgehead atoms. The van der Waals surface area contributed by atoms with Gasteiger partial charge in [0.15, 0.2) is 17.4 Å². The third-order valence-corrected chi connectivity index (χ3v) is 6.86. The molecule has 3 unspecified atom stereocenters. The second kappa shape index (κ2) is 8.17. The third kappa shape index (κ3) is 4.14. The molecule has 3 aliphatic rings. The van der Waals surface area contributed by atoms with E-state index >= 15 is 0 Å². The van der Waals surface area contributed by atoms with Gasteiger partial charge in [-0.3, -0.25) is 9.55 Å². The van der Waals surface area contributed by atoms with Crippen molar-refractivity contribution in [1.29, 1.82) is 0 Å². The van der Waals surface area contributed by atoms with Gasteiger partial charge < -0.3 is 14.4 Å². The highest BCUT2D eigenvalue weighted by Gasteiger charge is 2.48. The molecule has 0 amide bonds. The highest BCUT2D eigenvalue weighted by atomic mass is 19.4. The SMILES string of the molecule is O=c1nc(OCc2cc(F)c(Oc3ccnc(C(F)(F)F)c3)c(F)c2)cc2n1CC1CC3CC3CN21. The van der Waals surface area contributed by atoms with Crippen molar-refractivity contribution in [3.63, 3.8) is 0 Å². The van der Waals surface area contributed by atoms with Crippen molar-refractivity contribution in [2.75, 3.05) is 11.4 Å². The van der Waals surface area contributed by atoms with Crippen LogP contribution in [-0.2, 0) is 19.3 Å². The Bertz CT molecular complexity index is 1390. The largest absolute Gasteiger partial charge is 0.473 e. The number of hydrogen-bond donors (Lipinski definition) is 0. The van der Waals surface area contributed by atoms with Crippen LogP contribution in [0.5, 0.6) is 17.4 Å². The van der Waals surface area contributed by atoms with Gasteiger partial charge in [-0.2, -0.15) is 18.2 Å². The molecule has 4 heterocycles. The van der Waals surface area contributed by atoms with E-state index in [0.29, 0.717) is 18.5 Å². The van der Waals surface area contributed by atoms with Crippen LogP contribution in [0, 0.1) is 23.5 Å². The molecule has 1 saturated heterocycles. The third-order valence-electron chi connectivity index (χ3n) is 6.86. The molecule has 2 aromatic heterocycles. The lowest BCUT2D eigenvalue weighted by Crippen LogP contribution is -2.37. The number of alkyl halides is 3. The average Bonchev–Trinajstić information content (AvgIpc) is 3.50. The summed E-state index contributed by atoms with van der Waals surface area (Å²) in [5, 5.41) is 0. The molecule has 6 rings (SSSR count). The molecule has 188 valence electrons. The quantitative estimate of drug-likeness (QED) is 0.474. The number of pyridine rings is 1. The monoisotopic (exact) mass is 506 g/mol. The number of halogens is 5. The molecule has 1 saturated carbocycles. The normalized spacial score (nSPS) is 22.0. The van der Waals surface area contributed by atoms with Crippen molar-refractivity contribution in [3.8, 4) is 17.4 Å². The zero-order valence-corrected chi connectivity index (χ0v) is 18.6. The van der Waals surface area contributed by atoms with Gasteiger partial charge in [0, 0.05) is 37.5 Å². The van der Waals surface area contributed by atoms with Crippen LogP contribution in [0.3, 0.4) is 0 Å². The van der Waals surface area contributed by atoms with Crippen molar-refractivity contribution >= 4 is 5.82 Å². The van der Waals surface area contributed by atoms with Crippen LogP contribution in [0.1, 0.15) is 24.1 Å². The number of ether oxygens (including phenoxy) is 2. The van der Waals surface area contributed by atoms with E-state index in [1.54, 1.807) is 10.6 Å². The van der Waals surface area contributed by atoms with Crippen LogP contribution in [0.15, 0.2) is 41.3 Å². The van der Waals surface area contributed by atoms with E-state index in [4.69, 9.17) is 9.47 Å². The predicted octanol–water partition coefficient (Wildman–Crippen LogP) is 4.54. The van der Waals surface area contributed by atoms with Gasteiger partial charge in [0.1, 0.15) is 23.9 Å². The van der Waals surface area contributed by atoms with Crippen LogP contribution in [0.4, 0.5) is 27.8 Å². The molecule has 7 nitrogen and oxygen atoms in total. The zero-order valence-electron chi connectivity index (χ0n) is 18.6. The molecule has 1 aromatic carbocycles. The molecule has 3 aromatic rings. The maximum Gasteiger partial charge on any atom is 0.433 e. The standard InChI is InChI=1S/C24H19F5N4O3/c25-17-3-12(4-18(26)22(17)36-16-1-2-30-19(7-16)24(27,28)29)11-35-20-8-21-32-9-14-5-13(14)6-15(32)10-33(21)23(34)31-20/h1-4,7-8,13-15H,5-6,9-11H2. The average molecular weight is 506 g/mol. The number of benzene rings is 1. The summed E-state index contributed by atoms with van der Waals surface area (Å²) in [6.45, 7) is 1.19. The summed E-state index contributed by atoms with van der Waals surface area (Å²) in [7, 11) is 0. The minimum Gasteiger partial charge on any atom is -0.473 e. The maximum absolute atomic E-state index is 14.6. The Morgan fingerprint density at radius 1 is 1.03 bits per heavy atom. The lowest BCUT2D eigenvalue weighted by atomic mass is 10.0. The Hall–Kier alpha value is -3.70. The molecule has 3 atom stereocenters. The van der Waals surface area contributed by atoms with Gasteiger partial charge in [-0.15, -0.1) is 0 Å². The number of piperidine rings is 1. The second-order valence-corrected chi connectivity index (χ2v) is 9.30. The number of aromatic nitrogens is 3. The van der Waals surface area contributed by atoms with Gasteiger partial charge in [0.2, 0.25) is 5.88 Å². The Morgan fingerprint density at radius 2 is 1.81 bits per heavy atom. The number of hydrogen-bond acceptors (Lipinski definition) is 6. The fourth-order valence-electron chi connectivity index (χ4n) is 5.02. The van der Waals surface area contributed by atoms with E-state index in [1.807, 2.05) is 0 Å². The van der Waals surface area contributed by atoms with Crippen molar-refractivity contribution in [2.45, 2.75) is 38.2 Å². The van der Waals surface area contributed by atoms with E-state index in [0.717, 1.165) is 49.1 Å². The Labute approximate surface area is 201 Å². The van der Waals surface area contributed by atoms with Gasteiger partial charge in [0.25, 0.3) is 0 Å². The van der Waals surface area contributed by atoms with E-state index in [2.05, 4.69) is 14.9 Å². The first-order chi connectivity index (χ1) is 17.2. The molecule has 0 radical (unpaired) electrons. The minimum atomic E-state index is -4.74. The number of fused-ring (bicyclic) bond motifs is 4. The first-order valence-corrected chi connectivity index (χ1v) is 11.4. The number of rotatable bonds is 5. The molecule has 0 spiro atoms. The first kappa shape index (κ1) is 22.7. The molecule has 36 heavy (non-hydrogen) atoms. The topological polar surface area (TPSA) is 69.5 Å². The summed E-state index contributed by atoms with van der Waals surface area (Å²) in [4.78, 5) is 21.9. The molecule has 2 aliphatic heterocycles.